The zero-order chi connectivity index (χ0) is 17.9. The highest BCUT2D eigenvalue weighted by atomic mass is 32.2. The molecule has 1 unspecified atom stereocenters. The van der Waals surface area contributed by atoms with E-state index in [1.165, 1.54) is 11.8 Å². The average Bonchev–Trinajstić information content (AvgIpc) is 2.50. The van der Waals surface area contributed by atoms with Gasteiger partial charge in [0.25, 0.3) is 5.56 Å². The molecule has 0 bridgehead atoms. The number of aromatic nitrogens is 2. The fraction of sp³-hybridized carbons (Fsp3) is 0.389. The number of amides is 1. The van der Waals surface area contributed by atoms with Crippen LogP contribution in [0.4, 0.5) is 5.69 Å². The minimum atomic E-state index is -0.376. The molecule has 128 valence electrons. The van der Waals surface area contributed by atoms with E-state index in [0.29, 0.717) is 22.8 Å². The molecule has 0 saturated heterocycles. The third kappa shape index (κ3) is 4.06. The number of para-hydroxylation sites is 1. The van der Waals surface area contributed by atoms with Crippen LogP contribution in [-0.4, -0.2) is 21.1 Å². The second-order valence-electron chi connectivity index (χ2n) is 5.80. The quantitative estimate of drug-likeness (QED) is 0.643. The number of hydrogen-bond donors (Lipinski definition) is 2. The number of nitrogens with zero attached hydrogens (tertiary/aromatic N) is 1. The van der Waals surface area contributed by atoms with Gasteiger partial charge in [-0.15, -0.1) is 0 Å². The van der Waals surface area contributed by atoms with Crippen LogP contribution >= 0.6 is 11.8 Å². The first-order valence-corrected chi connectivity index (χ1v) is 8.85. The normalized spacial score (nSPS) is 12.0. The van der Waals surface area contributed by atoms with Gasteiger partial charge in [-0.25, -0.2) is 4.98 Å². The van der Waals surface area contributed by atoms with Gasteiger partial charge >= 0.3 is 0 Å². The van der Waals surface area contributed by atoms with Gasteiger partial charge in [0.1, 0.15) is 0 Å². The summed E-state index contributed by atoms with van der Waals surface area (Å²) >= 11 is 1.25. The predicted molar refractivity (Wildman–Crippen MR) is 98.8 cm³/mol. The monoisotopic (exact) mass is 345 g/mol. The summed E-state index contributed by atoms with van der Waals surface area (Å²) < 4.78 is 0. The molecule has 1 amide bonds. The van der Waals surface area contributed by atoms with E-state index in [2.05, 4.69) is 15.3 Å². The molecule has 24 heavy (non-hydrogen) atoms. The van der Waals surface area contributed by atoms with E-state index in [1.807, 2.05) is 45.9 Å². The maximum Gasteiger partial charge on any atom is 0.254 e. The van der Waals surface area contributed by atoms with Crippen LogP contribution in [0.15, 0.2) is 28.2 Å². The topological polar surface area (TPSA) is 74.8 Å². The van der Waals surface area contributed by atoms with Crippen molar-refractivity contribution in [1.82, 2.24) is 9.97 Å². The van der Waals surface area contributed by atoms with Crippen LogP contribution in [0.1, 0.15) is 36.2 Å². The number of carbonyl (C=O) groups is 1. The highest BCUT2D eigenvalue weighted by Gasteiger charge is 2.18. The van der Waals surface area contributed by atoms with Gasteiger partial charge < -0.3 is 10.3 Å². The fourth-order valence-corrected chi connectivity index (χ4v) is 3.36. The lowest BCUT2D eigenvalue weighted by Gasteiger charge is -2.15. The van der Waals surface area contributed by atoms with Crippen LogP contribution in [0.5, 0.6) is 0 Å². The molecule has 2 N–H and O–H groups in total. The Morgan fingerprint density at radius 3 is 2.46 bits per heavy atom. The minimum Gasteiger partial charge on any atom is -0.325 e. The summed E-state index contributed by atoms with van der Waals surface area (Å²) in [4.78, 5) is 31.6. The molecule has 0 aliphatic rings. The molecule has 0 aliphatic carbocycles. The van der Waals surface area contributed by atoms with E-state index in [9.17, 15) is 9.59 Å². The molecule has 1 atom stereocenters. The number of H-pyrrole nitrogens is 1. The standard InChI is InChI=1S/C18H23N3O2S/c1-6-14-12(4)19-18(21-17(14)23)24-13(5)16(22)20-15-10(2)8-7-9-11(15)3/h7-9,13H,6H2,1-5H3,(H,20,22)(H,19,21,23). The van der Waals surface area contributed by atoms with Gasteiger partial charge in [0.05, 0.1) is 5.25 Å². The lowest BCUT2D eigenvalue weighted by Crippen LogP contribution is -2.24. The third-order valence-electron chi connectivity index (χ3n) is 3.94. The maximum absolute atomic E-state index is 12.5. The predicted octanol–water partition coefficient (Wildman–Crippen LogP) is 3.38. The van der Waals surface area contributed by atoms with Gasteiger partial charge in [0.2, 0.25) is 5.91 Å². The van der Waals surface area contributed by atoms with Gasteiger partial charge in [-0.3, -0.25) is 9.59 Å². The van der Waals surface area contributed by atoms with Gasteiger partial charge in [-0.1, -0.05) is 36.9 Å². The zero-order valence-corrected chi connectivity index (χ0v) is 15.5. The molecule has 0 radical (unpaired) electrons. The summed E-state index contributed by atoms with van der Waals surface area (Å²) in [5.41, 5.74) is 4.16. The third-order valence-corrected chi connectivity index (χ3v) is 4.93. The van der Waals surface area contributed by atoms with Gasteiger partial charge in [-0.2, -0.15) is 0 Å². The first-order chi connectivity index (χ1) is 11.3. The number of aryl methyl sites for hydroxylation is 3. The van der Waals surface area contributed by atoms with Crippen molar-refractivity contribution in [1.29, 1.82) is 0 Å². The summed E-state index contributed by atoms with van der Waals surface area (Å²) in [6.07, 6.45) is 0.641. The van der Waals surface area contributed by atoms with E-state index in [4.69, 9.17) is 0 Å². The van der Waals surface area contributed by atoms with Crippen molar-refractivity contribution in [2.75, 3.05) is 5.32 Å². The second-order valence-corrected chi connectivity index (χ2v) is 7.13. The Hall–Kier alpha value is -2.08. The van der Waals surface area contributed by atoms with Gasteiger partial charge in [0, 0.05) is 16.9 Å². The number of aromatic amines is 1. The highest BCUT2D eigenvalue weighted by molar-refractivity contribution is 8.00. The van der Waals surface area contributed by atoms with Crippen LogP contribution in [0, 0.1) is 20.8 Å². The molecular weight excluding hydrogens is 322 g/mol. The highest BCUT2D eigenvalue weighted by Crippen LogP contribution is 2.23. The SMILES string of the molecule is CCc1c(C)nc(SC(C)C(=O)Nc2c(C)cccc2C)[nH]c1=O. The molecule has 0 saturated carbocycles. The molecule has 0 aliphatic heterocycles. The van der Waals surface area contributed by atoms with Crippen molar-refractivity contribution in [3.8, 4) is 0 Å². The molecule has 2 aromatic rings. The minimum absolute atomic E-state index is 0.114. The van der Waals surface area contributed by atoms with Crippen molar-refractivity contribution in [2.45, 2.75) is 51.4 Å². The van der Waals surface area contributed by atoms with Crippen molar-refractivity contribution < 1.29 is 4.79 Å². The number of nitrogens with one attached hydrogen (secondary N) is 2. The lowest BCUT2D eigenvalue weighted by molar-refractivity contribution is -0.115. The van der Waals surface area contributed by atoms with Crippen LogP contribution in [0.25, 0.3) is 0 Å². The Morgan fingerprint density at radius 1 is 1.29 bits per heavy atom. The van der Waals surface area contributed by atoms with Crippen molar-refractivity contribution in [2.24, 2.45) is 0 Å². The Morgan fingerprint density at radius 2 is 1.92 bits per heavy atom. The lowest BCUT2D eigenvalue weighted by atomic mass is 10.1. The summed E-state index contributed by atoms with van der Waals surface area (Å²) in [5, 5.41) is 3.07. The Labute approximate surface area is 146 Å². The van der Waals surface area contributed by atoms with Gasteiger partial charge in [-0.05, 0) is 45.2 Å². The number of carbonyl (C=O) groups excluding carboxylic acids is 1. The van der Waals surface area contributed by atoms with E-state index < -0.39 is 0 Å². The van der Waals surface area contributed by atoms with Crippen molar-refractivity contribution >= 4 is 23.4 Å². The molecule has 5 nitrogen and oxygen atoms in total. The summed E-state index contributed by atoms with van der Waals surface area (Å²) in [6, 6.07) is 5.89. The summed E-state index contributed by atoms with van der Waals surface area (Å²) in [5.74, 6) is -0.114. The summed E-state index contributed by atoms with van der Waals surface area (Å²) in [7, 11) is 0. The first-order valence-electron chi connectivity index (χ1n) is 7.97. The first kappa shape index (κ1) is 18.3. The number of hydrogen-bond acceptors (Lipinski definition) is 4. The maximum atomic E-state index is 12.5. The fourth-order valence-electron chi connectivity index (χ4n) is 2.51. The van der Waals surface area contributed by atoms with E-state index in [1.54, 1.807) is 6.92 Å². The molecule has 1 heterocycles. The molecule has 1 aromatic carbocycles. The molecule has 0 fully saturated rings. The zero-order valence-electron chi connectivity index (χ0n) is 14.7. The molecule has 1 aromatic heterocycles. The molecule has 6 heteroatoms. The van der Waals surface area contributed by atoms with E-state index >= 15 is 0 Å². The van der Waals surface area contributed by atoms with E-state index in [0.717, 1.165) is 16.8 Å². The van der Waals surface area contributed by atoms with Crippen LogP contribution in [0.2, 0.25) is 0 Å². The number of rotatable bonds is 5. The summed E-state index contributed by atoms with van der Waals surface area (Å²) in [6.45, 7) is 9.47. The van der Waals surface area contributed by atoms with E-state index in [-0.39, 0.29) is 16.7 Å². The van der Waals surface area contributed by atoms with Crippen LogP contribution in [-0.2, 0) is 11.2 Å². The van der Waals surface area contributed by atoms with Crippen molar-refractivity contribution in [3.05, 3.63) is 50.9 Å². The Bertz CT molecular complexity index is 794. The average molecular weight is 345 g/mol. The van der Waals surface area contributed by atoms with Crippen LogP contribution in [0.3, 0.4) is 0 Å². The molecule has 0 spiro atoms. The number of anilines is 1. The van der Waals surface area contributed by atoms with Gasteiger partial charge in [0.15, 0.2) is 5.16 Å². The Balaban J connectivity index is 2.14. The number of benzene rings is 1. The molecule has 2 rings (SSSR count). The molecular formula is C18H23N3O2S. The van der Waals surface area contributed by atoms with Crippen LogP contribution < -0.4 is 10.9 Å². The Kier molecular flexibility index (Phi) is 5.83. The largest absolute Gasteiger partial charge is 0.325 e. The van der Waals surface area contributed by atoms with Crippen molar-refractivity contribution in [3.63, 3.8) is 0 Å². The second kappa shape index (κ2) is 7.66. The number of thioether (sulfide) groups is 1. The smallest absolute Gasteiger partial charge is 0.254 e.